The molecule has 1 heteroatoms. The molecule has 3 rings (SSSR count). The van der Waals surface area contributed by atoms with Crippen LogP contribution in [0.4, 0.5) is 17.1 Å². The van der Waals surface area contributed by atoms with Crippen LogP contribution in [0.15, 0.2) is 78.9 Å². The minimum atomic E-state index is 0.549. The van der Waals surface area contributed by atoms with Crippen molar-refractivity contribution in [1.82, 2.24) is 0 Å². The van der Waals surface area contributed by atoms with Gasteiger partial charge in [-0.2, -0.15) is 0 Å². The molecule has 0 N–H and O–H groups in total. The maximum atomic E-state index is 2.32. The Morgan fingerprint density at radius 3 is 1.83 bits per heavy atom. The van der Waals surface area contributed by atoms with E-state index in [1.165, 1.54) is 28.2 Å². The van der Waals surface area contributed by atoms with Crippen molar-refractivity contribution in [3.8, 4) is 0 Å². The van der Waals surface area contributed by atoms with Crippen molar-refractivity contribution in [2.24, 2.45) is 0 Å². The van der Waals surface area contributed by atoms with E-state index in [-0.39, 0.29) is 0 Å². The Hall–Kier alpha value is -2.54. The second kappa shape index (κ2) is 6.70. The van der Waals surface area contributed by atoms with Crippen molar-refractivity contribution in [2.45, 2.75) is 26.7 Å². The van der Waals surface area contributed by atoms with E-state index in [9.17, 15) is 0 Å². The summed E-state index contributed by atoms with van der Waals surface area (Å²) < 4.78 is 0. The summed E-state index contributed by atoms with van der Waals surface area (Å²) in [6, 6.07) is 28.0. The van der Waals surface area contributed by atoms with Gasteiger partial charge in [-0.3, -0.25) is 0 Å². The van der Waals surface area contributed by atoms with Crippen LogP contribution in [0.25, 0.3) is 0 Å². The van der Waals surface area contributed by atoms with E-state index >= 15 is 0 Å². The molecule has 0 amide bonds. The van der Waals surface area contributed by atoms with Crippen LogP contribution in [0, 0.1) is 6.92 Å². The molecule has 0 heterocycles. The van der Waals surface area contributed by atoms with E-state index in [1.54, 1.807) is 0 Å². The van der Waals surface area contributed by atoms with Crippen molar-refractivity contribution in [2.75, 3.05) is 4.90 Å². The van der Waals surface area contributed by atoms with Gasteiger partial charge in [0.15, 0.2) is 0 Å². The molecular weight excluding hydrogens is 278 g/mol. The van der Waals surface area contributed by atoms with Gasteiger partial charge in [-0.1, -0.05) is 62.4 Å². The number of rotatable bonds is 4. The zero-order valence-electron chi connectivity index (χ0n) is 14.0. The third kappa shape index (κ3) is 3.29. The first-order valence-corrected chi connectivity index (χ1v) is 8.17. The fraction of sp³-hybridized carbons (Fsp3) is 0.182. The van der Waals surface area contributed by atoms with Gasteiger partial charge in [0.1, 0.15) is 0 Å². The third-order valence-electron chi connectivity index (χ3n) is 4.19. The molecule has 23 heavy (non-hydrogen) atoms. The normalized spacial score (nSPS) is 10.8. The average molecular weight is 301 g/mol. The Morgan fingerprint density at radius 1 is 0.652 bits per heavy atom. The first-order valence-electron chi connectivity index (χ1n) is 8.17. The molecule has 0 aliphatic heterocycles. The van der Waals surface area contributed by atoms with Gasteiger partial charge in [-0.25, -0.2) is 0 Å². The van der Waals surface area contributed by atoms with Gasteiger partial charge in [0, 0.05) is 17.1 Å². The van der Waals surface area contributed by atoms with Gasteiger partial charge in [0.2, 0.25) is 0 Å². The van der Waals surface area contributed by atoms with E-state index in [0.717, 1.165) is 0 Å². The molecule has 0 saturated heterocycles. The summed E-state index contributed by atoms with van der Waals surface area (Å²) in [5.41, 5.74) is 6.22. The highest BCUT2D eigenvalue weighted by Gasteiger charge is 2.13. The molecule has 0 radical (unpaired) electrons. The molecule has 3 aromatic rings. The fourth-order valence-corrected chi connectivity index (χ4v) is 2.83. The quantitative estimate of drug-likeness (QED) is 0.525. The molecule has 0 aliphatic rings. The Labute approximate surface area is 139 Å². The van der Waals surface area contributed by atoms with Crippen LogP contribution >= 0.6 is 0 Å². The monoisotopic (exact) mass is 301 g/mol. The lowest BCUT2D eigenvalue weighted by atomic mass is 10.0. The van der Waals surface area contributed by atoms with Gasteiger partial charge in [0.05, 0.1) is 0 Å². The first kappa shape index (κ1) is 15.4. The second-order valence-electron chi connectivity index (χ2n) is 6.20. The molecule has 0 atom stereocenters. The molecule has 0 saturated carbocycles. The van der Waals surface area contributed by atoms with Crippen molar-refractivity contribution in [1.29, 1.82) is 0 Å². The Morgan fingerprint density at radius 2 is 1.22 bits per heavy atom. The lowest BCUT2D eigenvalue weighted by Gasteiger charge is -2.27. The zero-order chi connectivity index (χ0) is 16.2. The largest absolute Gasteiger partial charge is 0.310 e. The SMILES string of the molecule is Cc1ccccc1N(c1ccccc1)c1ccc(C(C)C)cc1. The van der Waals surface area contributed by atoms with Gasteiger partial charge in [-0.05, 0) is 54.3 Å². The summed E-state index contributed by atoms with van der Waals surface area (Å²) in [5.74, 6) is 0.549. The molecule has 0 bridgehead atoms. The molecule has 0 aromatic heterocycles. The van der Waals surface area contributed by atoms with E-state index in [0.29, 0.717) is 5.92 Å². The van der Waals surface area contributed by atoms with Crippen LogP contribution in [0.5, 0.6) is 0 Å². The summed E-state index contributed by atoms with van der Waals surface area (Å²) >= 11 is 0. The highest BCUT2D eigenvalue weighted by Crippen LogP contribution is 2.36. The lowest BCUT2D eigenvalue weighted by Crippen LogP contribution is -2.11. The Kier molecular flexibility index (Phi) is 4.47. The highest BCUT2D eigenvalue weighted by molar-refractivity contribution is 5.78. The van der Waals surface area contributed by atoms with Crippen molar-refractivity contribution >= 4 is 17.1 Å². The predicted octanol–water partition coefficient (Wildman–Crippen LogP) is 6.59. The van der Waals surface area contributed by atoms with Gasteiger partial charge >= 0.3 is 0 Å². The molecule has 0 fully saturated rings. The molecule has 3 aromatic carbocycles. The lowest BCUT2D eigenvalue weighted by molar-refractivity contribution is 0.866. The summed E-state index contributed by atoms with van der Waals surface area (Å²) in [7, 11) is 0. The van der Waals surface area contributed by atoms with Gasteiger partial charge in [0.25, 0.3) is 0 Å². The number of benzene rings is 3. The molecular formula is C22H23N. The van der Waals surface area contributed by atoms with Crippen molar-refractivity contribution in [3.63, 3.8) is 0 Å². The van der Waals surface area contributed by atoms with Crippen molar-refractivity contribution in [3.05, 3.63) is 90.0 Å². The number of hydrogen-bond donors (Lipinski definition) is 0. The highest BCUT2D eigenvalue weighted by atomic mass is 15.1. The number of nitrogens with zero attached hydrogens (tertiary/aromatic N) is 1. The standard InChI is InChI=1S/C22H23N/c1-17(2)19-13-15-21(16-14-19)23(20-10-5-4-6-11-20)22-12-8-7-9-18(22)3/h4-17H,1-3H3. The van der Waals surface area contributed by atoms with Gasteiger partial charge < -0.3 is 4.90 Å². The first-order chi connectivity index (χ1) is 11.2. The number of para-hydroxylation sites is 2. The number of anilines is 3. The third-order valence-corrected chi connectivity index (χ3v) is 4.19. The molecule has 0 spiro atoms. The minimum absolute atomic E-state index is 0.549. The van der Waals surface area contributed by atoms with E-state index in [4.69, 9.17) is 0 Å². The number of hydrogen-bond acceptors (Lipinski definition) is 1. The Balaban J connectivity index is 2.11. The topological polar surface area (TPSA) is 3.24 Å². The van der Waals surface area contributed by atoms with E-state index < -0.39 is 0 Å². The Bertz CT molecular complexity index is 757. The van der Waals surface area contributed by atoms with Crippen LogP contribution < -0.4 is 4.90 Å². The summed E-state index contributed by atoms with van der Waals surface area (Å²) in [6.07, 6.45) is 0. The fourth-order valence-electron chi connectivity index (χ4n) is 2.83. The maximum Gasteiger partial charge on any atom is 0.0490 e. The summed E-state index contributed by atoms with van der Waals surface area (Å²) in [4.78, 5) is 2.32. The molecule has 116 valence electrons. The van der Waals surface area contributed by atoms with Crippen LogP contribution in [0.2, 0.25) is 0 Å². The maximum absolute atomic E-state index is 2.32. The summed E-state index contributed by atoms with van der Waals surface area (Å²) in [6.45, 7) is 6.62. The minimum Gasteiger partial charge on any atom is -0.310 e. The van der Waals surface area contributed by atoms with Crippen LogP contribution in [0.1, 0.15) is 30.9 Å². The molecule has 0 aliphatic carbocycles. The zero-order valence-corrected chi connectivity index (χ0v) is 14.0. The van der Waals surface area contributed by atoms with Crippen molar-refractivity contribution < 1.29 is 0 Å². The average Bonchev–Trinajstić information content (AvgIpc) is 2.58. The number of aryl methyl sites for hydroxylation is 1. The predicted molar refractivity (Wildman–Crippen MR) is 100.0 cm³/mol. The van der Waals surface area contributed by atoms with Crippen LogP contribution in [-0.2, 0) is 0 Å². The van der Waals surface area contributed by atoms with Gasteiger partial charge in [-0.15, -0.1) is 0 Å². The van der Waals surface area contributed by atoms with E-state index in [2.05, 4.69) is 105 Å². The second-order valence-corrected chi connectivity index (χ2v) is 6.20. The summed E-state index contributed by atoms with van der Waals surface area (Å²) in [5, 5.41) is 0. The smallest absolute Gasteiger partial charge is 0.0490 e. The molecule has 1 nitrogen and oxygen atoms in total. The molecule has 0 unspecified atom stereocenters. The van der Waals surface area contributed by atoms with E-state index in [1.807, 2.05) is 0 Å². The van der Waals surface area contributed by atoms with Crippen LogP contribution in [-0.4, -0.2) is 0 Å². The van der Waals surface area contributed by atoms with Crippen LogP contribution in [0.3, 0.4) is 0 Å².